The smallest absolute Gasteiger partial charge is 0.166 e. The molecule has 1 aromatic heterocycles. The summed E-state index contributed by atoms with van der Waals surface area (Å²) in [5.74, 6) is 0.502. The van der Waals surface area contributed by atoms with E-state index in [0.717, 1.165) is 34.9 Å². The Bertz CT molecular complexity index is 697. The summed E-state index contributed by atoms with van der Waals surface area (Å²) in [6.07, 6.45) is 6.25. The number of aromatic nitrogens is 1. The van der Waals surface area contributed by atoms with E-state index in [1.165, 1.54) is 12.8 Å². The molecule has 108 valence electrons. The Hall–Kier alpha value is -1.74. The van der Waals surface area contributed by atoms with E-state index >= 15 is 0 Å². The minimum absolute atomic E-state index is 0.184. The maximum atomic E-state index is 12.9. The number of Topliss-reactive ketones (excluding diaryl/α,β-unsaturated/α-hetero) is 1. The molecule has 2 bridgehead atoms. The first-order valence-corrected chi connectivity index (χ1v) is 7.87. The number of pyridine rings is 1. The number of benzene rings is 1. The van der Waals surface area contributed by atoms with Crippen LogP contribution in [-0.2, 0) is 0 Å². The molecule has 2 saturated heterocycles. The lowest BCUT2D eigenvalue weighted by atomic mass is 9.84. The van der Waals surface area contributed by atoms with Gasteiger partial charge in [-0.3, -0.25) is 9.78 Å². The second-order valence-corrected chi connectivity index (χ2v) is 6.48. The second kappa shape index (κ2) is 4.92. The summed E-state index contributed by atoms with van der Waals surface area (Å²) in [6.45, 7) is 2.03. The van der Waals surface area contributed by atoms with Crippen LogP contribution in [0.2, 0.25) is 0 Å². The summed E-state index contributed by atoms with van der Waals surface area (Å²) in [4.78, 5) is 17.4. The Labute approximate surface area is 124 Å². The van der Waals surface area contributed by atoms with Gasteiger partial charge < -0.3 is 5.32 Å². The van der Waals surface area contributed by atoms with Crippen molar-refractivity contribution in [3.63, 3.8) is 0 Å². The Kier molecular flexibility index (Phi) is 3.03. The van der Waals surface area contributed by atoms with E-state index in [9.17, 15) is 4.79 Å². The minimum atomic E-state index is 0.184. The van der Waals surface area contributed by atoms with E-state index in [4.69, 9.17) is 0 Å². The van der Waals surface area contributed by atoms with E-state index in [-0.39, 0.29) is 5.92 Å². The molecule has 2 atom stereocenters. The second-order valence-electron chi connectivity index (χ2n) is 6.48. The van der Waals surface area contributed by atoms with E-state index < -0.39 is 0 Å². The lowest BCUT2D eigenvalue weighted by molar-refractivity contribution is 0.0875. The lowest BCUT2D eigenvalue weighted by Gasteiger charge is -2.28. The van der Waals surface area contributed by atoms with E-state index in [1.54, 1.807) is 6.20 Å². The van der Waals surface area contributed by atoms with Crippen molar-refractivity contribution >= 4 is 16.7 Å². The van der Waals surface area contributed by atoms with Gasteiger partial charge >= 0.3 is 0 Å². The van der Waals surface area contributed by atoms with Crippen LogP contribution in [0, 0.1) is 12.8 Å². The number of rotatable bonds is 2. The van der Waals surface area contributed by atoms with Crippen LogP contribution >= 0.6 is 0 Å². The molecule has 2 aliphatic heterocycles. The molecular weight excluding hydrogens is 260 g/mol. The monoisotopic (exact) mass is 280 g/mol. The number of hydrogen-bond acceptors (Lipinski definition) is 3. The van der Waals surface area contributed by atoms with Gasteiger partial charge in [-0.05, 0) is 44.2 Å². The third-order valence-corrected chi connectivity index (χ3v) is 5.14. The summed E-state index contributed by atoms with van der Waals surface area (Å²) >= 11 is 0. The average Bonchev–Trinajstić information content (AvgIpc) is 2.85. The Morgan fingerprint density at radius 2 is 1.95 bits per heavy atom. The van der Waals surface area contributed by atoms with Crippen molar-refractivity contribution in [3.8, 4) is 0 Å². The first kappa shape index (κ1) is 13.0. The highest BCUT2D eigenvalue weighted by Gasteiger charge is 2.37. The molecule has 2 aliphatic rings. The number of aryl methyl sites for hydroxylation is 1. The van der Waals surface area contributed by atoms with Gasteiger partial charge in [0.05, 0.1) is 5.52 Å². The molecule has 4 rings (SSSR count). The van der Waals surface area contributed by atoms with Crippen molar-refractivity contribution in [3.05, 3.63) is 41.6 Å². The quantitative estimate of drug-likeness (QED) is 0.859. The predicted molar refractivity (Wildman–Crippen MR) is 83.5 cm³/mol. The molecule has 0 radical (unpaired) electrons. The van der Waals surface area contributed by atoms with Gasteiger partial charge in [-0.25, -0.2) is 0 Å². The summed E-state index contributed by atoms with van der Waals surface area (Å²) in [5.41, 5.74) is 2.86. The van der Waals surface area contributed by atoms with Crippen molar-refractivity contribution < 1.29 is 4.79 Å². The minimum Gasteiger partial charge on any atom is -0.311 e. The first-order chi connectivity index (χ1) is 10.2. The van der Waals surface area contributed by atoms with Gasteiger partial charge in [-0.2, -0.15) is 0 Å². The molecule has 1 aromatic carbocycles. The molecule has 3 heteroatoms. The van der Waals surface area contributed by atoms with Gasteiger partial charge in [-0.15, -0.1) is 0 Å². The number of nitrogens with zero attached hydrogens (tertiary/aromatic N) is 1. The largest absolute Gasteiger partial charge is 0.311 e. The van der Waals surface area contributed by atoms with Gasteiger partial charge in [0.1, 0.15) is 0 Å². The normalized spacial score (nSPS) is 28.0. The van der Waals surface area contributed by atoms with E-state index in [0.29, 0.717) is 17.9 Å². The highest BCUT2D eigenvalue weighted by atomic mass is 16.1. The van der Waals surface area contributed by atoms with Crippen LogP contribution in [0.5, 0.6) is 0 Å². The standard InChI is InChI=1S/C18H20N2O/c1-11-16(7-4-12-3-2-8-19-17(11)12)18(21)13-9-14-5-6-15(10-13)20-14/h2-4,7-8,13-15,20H,5-6,9-10H2,1H3. The SMILES string of the molecule is Cc1c(C(=O)C2CC3CCC(C2)N3)ccc2cccnc12. The number of carbonyl (C=O) groups excluding carboxylic acids is 1. The number of ketones is 1. The number of hydrogen-bond donors (Lipinski definition) is 1. The van der Waals surface area contributed by atoms with E-state index in [2.05, 4.69) is 10.3 Å². The number of nitrogens with one attached hydrogen (secondary N) is 1. The van der Waals surface area contributed by atoms with Crippen LogP contribution in [0.3, 0.4) is 0 Å². The molecule has 2 aromatic rings. The van der Waals surface area contributed by atoms with Crippen LogP contribution in [0.4, 0.5) is 0 Å². The fourth-order valence-electron chi connectivity index (χ4n) is 4.05. The van der Waals surface area contributed by atoms with E-state index in [1.807, 2.05) is 31.2 Å². The third kappa shape index (κ3) is 2.16. The van der Waals surface area contributed by atoms with Crippen LogP contribution in [0.15, 0.2) is 30.5 Å². The topological polar surface area (TPSA) is 42.0 Å². The maximum absolute atomic E-state index is 12.9. The van der Waals surface area contributed by atoms with Crippen LogP contribution in [-0.4, -0.2) is 22.9 Å². The molecular formula is C18H20N2O. The molecule has 2 fully saturated rings. The highest BCUT2D eigenvalue weighted by Crippen LogP contribution is 2.34. The number of piperidine rings is 1. The van der Waals surface area contributed by atoms with Gasteiger partial charge in [-0.1, -0.05) is 18.2 Å². The van der Waals surface area contributed by atoms with Gasteiger partial charge in [0.2, 0.25) is 0 Å². The van der Waals surface area contributed by atoms with Gasteiger partial charge in [0.25, 0.3) is 0 Å². The molecule has 2 unspecified atom stereocenters. The average molecular weight is 280 g/mol. The zero-order valence-electron chi connectivity index (χ0n) is 12.3. The van der Waals surface area contributed by atoms with Crippen LogP contribution < -0.4 is 5.32 Å². The van der Waals surface area contributed by atoms with Crippen molar-refractivity contribution in [1.82, 2.24) is 10.3 Å². The summed E-state index contributed by atoms with van der Waals surface area (Å²) in [5, 5.41) is 4.71. The third-order valence-electron chi connectivity index (χ3n) is 5.14. The fraction of sp³-hybridized carbons (Fsp3) is 0.444. The van der Waals surface area contributed by atoms with Crippen LogP contribution in [0.25, 0.3) is 10.9 Å². The van der Waals surface area contributed by atoms with Gasteiger partial charge in [0.15, 0.2) is 5.78 Å². The zero-order chi connectivity index (χ0) is 14.4. The molecule has 1 N–H and O–H groups in total. The molecule has 3 nitrogen and oxygen atoms in total. The van der Waals surface area contributed by atoms with Crippen molar-refractivity contribution in [2.75, 3.05) is 0 Å². The zero-order valence-corrected chi connectivity index (χ0v) is 12.3. The lowest BCUT2D eigenvalue weighted by Crippen LogP contribution is -2.40. The number of fused-ring (bicyclic) bond motifs is 3. The van der Waals surface area contributed by atoms with Gasteiger partial charge in [0, 0.05) is 35.1 Å². The maximum Gasteiger partial charge on any atom is 0.166 e. The summed E-state index contributed by atoms with van der Waals surface area (Å²) in [6, 6.07) is 9.11. The van der Waals surface area contributed by atoms with Crippen molar-refractivity contribution in [1.29, 1.82) is 0 Å². The fourth-order valence-corrected chi connectivity index (χ4v) is 4.05. The molecule has 3 heterocycles. The Morgan fingerprint density at radius 1 is 1.19 bits per heavy atom. The summed E-state index contributed by atoms with van der Waals surface area (Å²) in [7, 11) is 0. The van der Waals surface area contributed by atoms with Crippen molar-refractivity contribution in [2.45, 2.75) is 44.7 Å². The highest BCUT2D eigenvalue weighted by molar-refractivity contribution is 6.03. The summed E-state index contributed by atoms with van der Waals surface area (Å²) < 4.78 is 0. The molecule has 21 heavy (non-hydrogen) atoms. The van der Waals surface area contributed by atoms with Crippen LogP contribution in [0.1, 0.15) is 41.6 Å². The predicted octanol–water partition coefficient (Wildman–Crippen LogP) is 3.26. The first-order valence-electron chi connectivity index (χ1n) is 7.87. The molecule has 0 saturated carbocycles. The molecule has 0 spiro atoms. The molecule has 0 amide bonds. The number of carbonyl (C=O) groups is 1. The Morgan fingerprint density at radius 3 is 2.71 bits per heavy atom. The Balaban J connectivity index is 1.69. The van der Waals surface area contributed by atoms with Crippen molar-refractivity contribution in [2.24, 2.45) is 5.92 Å². The molecule has 0 aliphatic carbocycles.